The van der Waals surface area contributed by atoms with Gasteiger partial charge in [0.2, 0.25) is 0 Å². The van der Waals surface area contributed by atoms with Crippen LogP contribution in [-0.2, 0) is 0 Å². The Bertz CT molecular complexity index is 791. The zero-order valence-electron chi connectivity index (χ0n) is 13.4. The van der Waals surface area contributed by atoms with Crippen molar-refractivity contribution in [1.82, 2.24) is 4.90 Å². The molecule has 25 heavy (non-hydrogen) atoms. The predicted molar refractivity (Wildman–Crippen MR) is 100 cm³/mol. The molecule has 1 fully saturated rings. The molecular weight excluding hydrogens is 388 g/mol. The average Bonchev–Trinajstić information content (AvgIpc) is 2.63. The Labute approximate surface area is 153 Å². The van der Waals surface area contributed by atoms with Gasteiger partial charge < -0.3 is 15.1 Å². The molecule has 1 saturated heterocycles. The lowest BCUT2D eigenvalue weighted by Crippen LogP contribution is -2.50. The van der Waals surface area contributed by atoms with Gasteiger partial charge in [0, 0.05) is 36.7 Å². The number of nitrogens with one attached hydrogen (secondary N) is 1. The third kappa shape index (κ3) is 3.90. The Morgan fingerprint density at radius 2 is 1.68 bits per heavy atom. The maximum Gasteiger partial charge on any atom is 0.321 e. The zero-order chi connectivity index (χ0) is 17.8. The summed E-state index contributed by atoms with van der Waals surface area (Å²) in [6.45, 7) is 2.10. The Morgan fingerprint density at radius 3 is 2.36 bits per heavy atom. The molecule has 1 aliphatic heterocycles. The molecule has 8 heteroatoms. The molecule has 0 saturated carbocycles. The summed E-state index contributed by atoms with van der Waals surface area (Å²) >= 11 is 3.41. The van der Waals surface area contributed by atoms with E-state index in [2.05, 4.69) is 21.2 Å². The van der Waals surface area contributed by atoms with Gasteiger partial charge in [-0.1, -0.05) is 24.3 Å². The van der Waals surface area contributed by atoms with Crippen LogP contribution in [0.2, 0.25) is 0 Å². The van der Waals surface area contributed by atoms with Gasteiger partial charge in [0.05, 0.1) is 10.6 Å². The molecule has 3 rings (SSSR count). The van der Waals surface area contributed by atoms with Gasteiger partial charge in [0.1, 0.15) is 5.69 Å². The van der Waals surface area contributed by atoms with Crippen molar-refractivity contribution in [3.05, 3.63) is 63.1 Å². The number of nitrogens with zero attached hydrogens (tertiary/aromatic N) is 3. The molecule has 130 valence electrons. The number of nitro groups is 1. The van der Waals surface area contributed by atoms with Crippen LogP contribution in [0.15, 0.2) is 53.0 Å². The highest BCUT2D eigenvalue weighted by Crippen LogP contribution is 2.28. The van der Waals surface area contributed by atoms with E-state index in [1.54, 1.807) is 23.1 Å². The minimum Gasteiger partial charge on any atom is -0.362 e. The Hall–Kier alpha value is -2.61. The number of halogens is 1. The van der Waals surface area contributed by atoms with E-state index in [1.807, 2.05) is 29.2 Å². The van der Waals surface area contributed by atoms with Crippen molar-refractivity contribution >= 4 is 39.0 Å². The molecule has 0 aromatic heterocycles. The lowest BCUT2D eigenvalue weighted by molar-refractivity contribution is -0.384. The van der Waals surface area contributed by atoms with Gasteiger partial charge >= 0.3 is 6.03 Å². The Morgan fingerprint density at radius 1 is 1.04 bits per heavy atom. The molecule has 0 radical (unpaired) electrons. The number of benzene rings is 2. The van der Waals surface area contributed by atoms with Crippen LogP contribution in [0.1, 0.15) is 0 Å². The van der Waals surface area contributed by atoms with Crippen molar-refractivity contribution in [2.24, 2.45) is 0 Å². The lowest BCUT2D eigenvalue weighted by Gasteiger charge is -2.35. The smallest absolute Gasteiger partial charge is 0.321 e. The maximum absolute atomic E-state index is 12.4. The second-order valence-electron chi connectivity index (χ2n) is 5.63. The van der Waals surface area contributed by atoms with E-state index in [0.717, 1.165) is 4.47 Å². The van der Waals surface area contributed by atoms with E-state index >= 15 is 0 Å². The summed E-state index contributed by atoms with van der Waals surface area (Å²) in [5, 5.41) is 14.0. The van der Waals surface area contributed by atoms with Gasteiger partial charge in [0.25, 0.3) is 5.69 Å². The fourth-order valence-electron chi connectivity index (χ4n) is 2.79. The number of piperazine rings is 1. The van der Waals surface area contributed by atoms with Crippen molar-refractivity contribution in [1.29, 1.82) is 0 Å². The summed E-state index contributed by atoms with van der Waals surface area (Å²) in [6.07, 6.45) is 0. The fourth-order valence-corrected chi connectivity index (χ4v) is 3.18. The molecule has 1 aliphatic rings. The number of urea groups is 1. The highest BCUT2D eigenvalue weighted by Gasteiger charge is 2.25. The number of rotatable bonds is 3. The number of hydrogen-bond donors (Lipinski definition) is 1. The SMILES string of the molecule is O=C(Nc1ccccc1Br)N1CCN(c2ccccc2[N+](=O)[O-])CC1. The van der Waals surface area contributed by atoms with E-state index in [-0.39, 0.29) is 16.6 Å². The molecule has 0 bridgehead atoms. The quantitative estimate of drug-likeness (QED) is 0.624. The van der Waals surface area contributed by atoms with Crippen LogP contribution in [0.4, 0.5) is 21.9 Å². The average molecular weight is 405 g/mol. The van der Waals surface area contributed by atoms with Crippen LogP contribution in [-0.4, -0.2) is 42.0 Å². The lowest BCUT2D eigenvalue weighted by atomic mass is 10.2. The minimum atomic E-state index is -0.374. The van der Waals surface area contributed by atoms with Crippen molar-refractivity contribution < 1.29 is 9.72 Å². The highest BCUT2D eigenvalue weighted by molar-refractivity contribution is 9.10. The molecule has 2 aromatic rings. The van der Waals surface area contributed by atoms with E-state index < -0.39 is 0 Å². The summed E-state index contributed by atoms with van der Waals surface area (Å²) in [4.78, 5) is 26.9. The van der Waals surface area contributed by atoms with Crippen LogP contribution < -0.4 is 10.2 Å². The second-order valence-corrected chi connectivity index (χ2v) is 6.48. The first-order chi connectivity index (χ1) is 12.1. The fraction of sp³-hybridized carbons (Fsp3) is 0.235. The molecule has 1 N–H and O–H groups in total. The van der Waals surface area contributed by atoms with Crippen LogP contribution >= 0.6 is 15.9 Å². The molecule has 1 heterocycles. The second kappa shape index (κ2) is 7.52. The van der Waals surface area contributed by atoms with Gasteiger partial charge in [-0.3, -0.25) is 10.1 Å². The molecule has 7 nitrogen and oxygen atoms in total. The van der Waals surface area contributed by atoms with Gasteiger partial charge in [-0.05, 0) is 34.1 Å². The Balaban J connectivity index is 1.63. The number of carbonyl (C=O) groups excluding carboxylic acids is 1. The number of carbonyl (C=O) groups is 1. The maximum atomic E-state index is 12.4. The highest BCUT2D eigenvalue weighted by atomic mass is 79.9. The van der Waals surface area contributed by atoms with Gasteiger partial charge in [-0.25, -0.2) is 4.79 Å². The van der Waals surface area contributed by atoms with E-state index in [4.69, 9.17) is 0 Å². The first kappa shape index (κ1) is 17.2. The number of hydrogen-bond acceptors (Lipinski definition) is 4. The third-order valence-electron chi connectivity index (χ3n) is 4.10. The summed E-state index contributed by atoms with van der Waals surface area (Å²) in [5.74, 6) is 0. The van der Waals surface area contributed by atoms with Gasteiger partial charge in [-0.15, -0.1) is 0 Å². The summed E-state index contributed by atoms with van der Waals surface area (Å²) < 4.78 is 0.821. The van der Waals surface area contributed by atoms with Crippen LogP contribution in [0, 0.1) is 10.1 Å². The van der Waals surface area contributed by atoms with Gasteiger partial charge in [-0.2, -0.15) is 0 Å². The third-order valence-corrected chi connectivity index (χ3v) is 4.79. The zero-order valence-corrected chi connectivity index (χ0v) is 15.0. The van der Waals surface area contributed by atoms with E-state index in [1.165, 1.54) is 6.07 Å². The summed E-state index contributed by atoms with van der Waals surface area (Å²) in [7, 11) is 0. The van der Waals surface area contributed by atoms with Crippen molar-refractivity contribution in [2.45, 2.75) is 0 Å². The Kier molecular flexibility index (Phi) is 5.18. The molecule has 2 amide bonds. The molecule has 0 spiro atoms. The largest absolute Gasteiger partial charge is 0.362 e. The monoisotopic (exact) mass is 404 g/mol. The number of amides is 2. The summed E-state index contributed by atoms with van der Waals surface area (Å²) in [6, 6.07) is 13.9. The van der Waals surface area contributed by atoms with Crippen LogP contribution in [0.3, 0.4) is 0 Å². The van der Waals surface area contributed by atoms with Crippen molar-refractivity contribution in [3.8, 4) is 0 Å². The van der Waals surface area contributed by atoms with Crippen molar-refractivity contribution in [2.75, 3.05) is 36.4 Å². The van der Waals surface area contributed by atoms with Crippen LogP contribution in [0.25, 0.3) is 0 Å². The van der Waals surface area contributed by atoms with Crippen LogP contribution in [0.5, 0.6) is 0 Å². The minimum absolute atomic E-state index is 0.0913. The number of nitro benzene ring substituents is 1. The molecule has 0 aliphatic carbocycles. The number of anilines is 2. The molecule has 0 atom stereocenters. The molecule has 0 unspecified atom stereocenters. The molecule has 2 aromatic carbocycles. The topological polar surface area (TPSA) is 78.7 Å². The van der Waals surface area contributed by atoms with Gasteiger partial charge in [0.15, 0.2) is 0 Å². The van der Waals surface area contributed by atoms with E-state index in [9.17, 15) is 14.9 Å². The predicted octanol–water partition coefficient (Wildman–Crippen LogP) is 3.71. The summed E-state index contributed by atoms with van der Waals surface area (Å²) in [5.41, 5.74) is 1.40. The first-order valence-electron chi connectivity index (χ1n) is 7.85. The van der Waals surface area contributed by atoms with Crippen molar-refractivity contribution in [3.63, 3.8) is 0 Å². The molecular formula is C17H17BrN4O3. The standard InChI is InChI=1S/C17H17BrN4O3/c18-13-5-1-2-6-14(13)19-17(23)21-11-9-20(10-12-21)15-7-3-4-8-16(15)22(24)25/h1-8H,9-12H2,(H,19,23). The number of para-hydroxylation sites is 3. The van der Waals surface area contributed by atoms with E-state index in [0.29, 0.717) is 37.6 Å². The first-order valence-corrected chi connectivity index (χ1v) is 8.64. The normalized spacial score (nSPS) is 14.3.